The van der Waals surface area contributed by atoms with Gasteiger partial charge >= 0.3 is 0 Å². The van der Waals surface area contributed by atoms with Crippen LogP contribution in [0.5, 0.6) is 0 Å². The second-order valence-electron chi connectivity index (χ2n) is 2.29. The van der Waals surface area contributed by atoms with Crippen molar-refractivity contribution in [2.75, 3.05) is 5.75 Å². The normalized spacial score (nSPS) is 8.31. The van der Waals surface area contributed by atoms with E-state index < -0.39 is 0 Å². The number of pyridine rings is 1. The van der Waals surface area contributed by atoms with Crippen molar-refractivity contribution in [2.45, 2.75) is 6.42 Å². The molecule has 0 amide bonds. The molecule has 64 valence electrons. The van der Waals surface area contributed by atoms with Gasteiger partial charge in [-0.2, -0.15) is 17.9 Å². The zero-order valence-electron chi connectivity index (χ0n) is 6.99. The molecule has 1 rings (SSSR count). The van der Waals surface area contributed by atoms with Crippen LogP contribution >= 0.6 is 12.6 Å². The van der Waals surface area contributed by atoms with Gasteiger partial charge in [-0.3, -0.25) is 0 Å². The molecule has 0 unspecified atom stereocenters. The van der Waals surface area contributed by atoms with E-state index in [4.69, 9.17) is 5.26 Å². The average molecular weight is 188 g/mol. The first-order chi connectivity index (χ1) is 6.38. The van der Waals surface area contributed by atoms with Gasteiger partial charge in [0.05, 0.1) is 5.56 Å². The lowest BCUT2D eigenvalue weighted by molar-refractivity contribution is 1.25. The first kappa shape index (κ1) is 9.64. The Morgan fingerprint density at radius 1 is 1.54 bits per heavy atom. The van der Waals surface area contributed by atoms with Crippen molar-refractivity contribution < 1.29 is 0 Å². The molecule has 13 heavy (non-hydrogen) atoms. The van der Waals surface area contributed by atoms with Crippen molar-refractivity contribution in [1.82, 2.24) is 4.98 Å². The Hall–Kier alpha value is -1.45. The van der Waals surface area contributed by atoms with Crippen molar-refractivity contribution >= 4 is 12.6 Å². The Labute approximate surface area is 83.0 Å². The predicted molar refractivity (Wildman–Crippen MR) is 54.3 cm³/mol. The second kappa shape index (κ2) is 5.24. The van der Waals surface area contributed by atoms with Crippen LogP contribution in [-0.4, -0.2) is 10.7 Å². The highest BCUT2D eigenvalue weighted by molar-refractivity contribution is 7.80. The molecule has 0 fully saturated rings. The Morgan fingerprint density at radius 2 is 2.38 bits per heavy atom. The number of nitriles is 1. The smallest absolute Gasteiger partial charge is 0.130 e. The van der Waals surface area contributed by atoms with Crippen LogP contribution < -0.4 is 0 Å². The molecule has 0 spiro atoms. The molecule has 1 heterocycles. The minimum absolute atomic E-state index is 0.522. The van der Waals surface area contributed by atoms with Gasteiger partial charge < -0.3 is 0 Å². The van der Waals surface area contributed by atoms with E-state index in [-0.39, 0.29) is 0 Å². The predicted octanol–water partition coefficient (Wildman–Crippen LogP) is 1.62. The van der Waals surface area contributed by atoms with E-state index in [1.54, 1.807) is 18.3 Å². The molecule has 0 N–H and O–H groups in total. The molecular formula is C10H8N2S. The zero-order valence-corrected chi connectivity index (χ0v) is 7.88. The van der Waals surface area contributed by atoms with Gasteiger partial charge in [0.25, 0.3) is 0 Å². The molecular weight excluding hydrogens is 180 g/mol. The highest BCUT2D eigenvalue weighted by atomic mass is 32.1. The average Bonchev–Trinajstić information content (AvgIpc) is 2.19. The van der Waals surface area contributed by atoms with E-state index in [1.807, 2.05) is 6.07 Å². The largest absolute Gasteiger partial charge is 0.246 e. The lowest BCUT2D eigenvalue weighted by Gasteiger charge is -1.90. The zero-order chi connectivity index (χ0) is 9.52. The lowest BCUT2D eigenvalue weighted by Crippen LogP contribution is -1.86. The van der Waals surface area contributed by atoms with E-state index in [0.29, 0.717) is 17.7 Å². The fourth-order valence-corrected chi connectivity index (χ4v) is 0.909. The minimum atomic E-state index is 0.522. The van der Waals surface area contributed by atoms with Gasteiger partial charge in [-0.15, -0.1) is 0 Å². The number of aromatic nitrogens is 1. The maximum absolute atomic E-state index is 8.70. The Morgan fingerprint density at radius 3 is 3.08 bits per heavy atom. The highest BCUT2D eigenvalue weighted by Gasteiger charge is 1.96. The summed E-state index contributed by atoms with van der Waals surface area (Å²) in [5.74, 6) is 6.44. The Balaban J connectivity index is 2.91. The lowest BCUT2D eigenvalue weighted by atomic mass is 10.2. The van der Waals surface area contributed by atoms with Gasteiger partial charge in [0, 0.05) is 18.4 Å². The summed E-state index contributed by atoms with van der Waals surface area (Å²) in [6.45, 7) is 0. The molecule has 0 radical (unpaired) electrons. The van der Waals surface area contributed by atoms with Gasteiger partial charge in [0.1, 0.15) is 11.8 Å². The van der Waals surface area contributed by atoms with Crippen LogP contribution in [0.2, 0.25) is 0 Å². The van der Waals surface area contributed by atoms with E-state index in [0.717, 1.165) is 5.75 Å². The van der Waals surface area contributed by atoms with Crippen molar-refractivity contribution in [3.63, 3.8) is 0 Å². The summed E-state index contributed by atoms with van der Waals surface area (Å²) in [5.41, 5.74) is 1.07. The number of thiol groups is 1. The number of nitrogens with zero attached hydrogens (tertiary/aromatic N) is 2. The first-order valence-corrected chi connectivity index (χ1v) is 4.46. The monoisotopic (exact) mass is 188 g/mol. The highest BCUT2D eigenvalue weighted by Crippen LogP contribution is 2.00. The van der Waals surface area contributed by atoms with E-state index in [1.165, 1.54) is 0 Å². The summed E-state index contributed by atoms with van der Waals surface area (Å²) in [4.78, 5) is 4.00. The molecule has 0 saturated heterocycles. The molecule has 0 atom stereocenters. The van der Waals surface area contributed by atoms with Crippen LogP contribution in [0.4, 0.5) is 0 Å². The molecule has 0 saturated carbocycles. The summed E-state index contributed by atoms with van der Waals surface area (Å²) >= 11 is 4.03. The van der Waals surface area contributed by atoms with Crippen LogP contribution in [0.15, 0.2) is 18.3 Å². The molecule has 3 heteroatoms. The third kappa shape index (κ3) is 2.82. The maximum Gasteiger partial charge on any atom is 0.130 e. The van der Waals surface area contributed by atoms with E-state index >= 15 is 0 Å². The SMILES string of the molecule is N#Cc1cccnc1C#CCCS. The minimum Gasteiger partial charge on any atom is -0.246 e. The van der Waals surface area contributed by atoms with Gasteiger partial charge in [-0.05, 0) is 18.1 Å². The Kier molecular flexibility index (Phi) is 3.88. The summed E-state index contributed by atoms with van der Waals surface area (Å²) in [5, 5.41) is 8.70. The van der Waals surface area contributed by atoms with Crippen molar-refractivity contribution in [1.29, 1.82) is 5.26 Å². The molecule has 0 aromatic carbocycles. The molecule has 1 aromatic heterocycles. The Bertz CT molecular complexity index is 382. The van der Waals surface area contributed by atoms with Gasteiger partial charge in [-0.1, -0.05) is 5.92 Å². The third-order valence-corrected chi connectivity index (χ3v) is 1.60. The molecule has 0 aliphatic heterocycles. The number of rotatable bonds is 1. The summed E-state index contributed by atoms with van der Waals surface area (Å²) in [6.07, 6.45) is 2.34. The summed E-state index contributed by atoms with van der Waals surface area (Å²) in [6, 6.07) is 5.47. The van der Waals surface area contributed by atoms with E-state index in [2.05, 4.69) is 29.5 Å². The van der Waals surface area contributed by atoms with Crippen molar-refractivity contribution in [2.24, 2.45) is 0 Å². The number of hydrogen-bond acceptors (Lipinski definition) is 3. The van der Waals surface area contributed by atoms with Gasteiger partial charge in [0.2, 0.25) is 0 Å². The second-order valence-corrected chi connectivity index (χ2v) is 2.73. The quantitative estimate of drug-likeness (QED) is 0.537. The van der Waals surface area contributed by atoms with Crippen LogP contribution in [-0.2, 0) is 0 Å². The van der Waals surface area contributed by atoms with Crippen LogP contribution in [0.25, 0.3) is 0 Å². The standard InChI is InChI=1S/C10H8N2S/c11-8-9-4-3-6-12-10(9)5-1-2-7-13/h3-4,6,13H,2,7H2. The molecule has 0 bridgehead atoms. The summed E-state index contributed by atoms with van der Waals surface area (Å²) in [7, 11) is 0. The fraction of sp³-hybridized carbons (Fsp3) is 0.200. The van der Waals surface area contributed by atoms with E-state index in [9.17, 15) is 0 Å². The molecule has 0 aliphatic carbocycles. The number of hydrogen-bond donors (Lipinski definition) is 1. The molecule has 0 aliphatic rings. The first-order valence-electron chi connectivity index (χ1n) is 3.83. The topological polar surface area (TPSA) is 36.7 Å². The van der Waals surface area contributed by atoms with Gasteiger partial charge in [0.15, 0.2) is 0 Å². The van der Waals surface area contributed by atoms with Crippen molar-refractivity contribution in [3.05, 3.63) is 29.6 Å². The third-order valence-electron chi connectivity index (χ3n) is 1.37. The van der Waals surface area contributed by atoms with Crippen molar-refractivity contribution in [3.8, 4) is 17.9 Å². The molecule has 1 aromatic rings. The fourth-order valence-electron chi connectivity index (χ4n) is 0.797. The van der Waals surface area contributed by atoms with Crippen LogP contribution in [0.3, 0.4) is 0 Å². The molecule has 2 nitrogen and oxygen atoms in total. The van der Waals surface area contributed by atoms with Gasteiger partial charge in [-0.25, -0.2) is 4.98 Å². The van der Waals surface area contributed by atoms with Crippen LogP contribution in [0, 0.1) is 23.2 Å². The maximum atomic E-state index is 8.70. The summed E-state index contributed by atoms with van der Waals surface area (Å²) < 4.78 is 0. The van der Waals surface area contributed by atoms with Crippen LogP contribution in [0.1, 0.15) is 17.7 Å².